The average Bonchev–Trinajstić information content (AvgIpc) is 3.84. The van der Waals surface area contributed by atoms with Crippen molar-refractivity contribution in [2.24, 2.45) is 11.8 Å². The Labute approximate surface area is 330 Å². The van der Waals surface area contributed by atoms with Gasteiger partial charge >= 0.3 is 5.97 Å². The predicted molar refractivity (Wildman–Crippen MR) is 201 cm³/mol. The van der Waals surface area contributed by atoms with Crippen molar-refractivity contribution in [2.45, 2.75) is 114 Å². The highest BCUT2D eigenvalue weighted by Gasteiger charge is 2.45. The minimum Gasteiger partial charge on any atom is -0.461 e. The van der Waals surface area contributed by atoms with E-state index in [9.17, 15) is 42.3 Å². The molecule has 6 amide bonds. The fourth-order valence-corrected chi connectivity index (χ4v) is 8.57. The predicted octanol–water partition coefficient (Wildman–Crippen LogP) is 2.06. The van der Waals surface area contributed by atoms with Crippen LogP contribution in [-0.4, -0.2) is 119 Å². The topological polar surface area (TPSA) is 175 Å². The number of ether oxygens (including phenoxy) is 1. The van der Waals surface area contributed by atoms with Gasteiger partial charge in [0.2, 0.25) is 35.4 Å². The van der Waals surface area contributed by atoms with Crippen LogP contribution in [0.25, 0.3) is 0 Å². The summed E-state index contributed by atoms with van der Waals surface area (Å²) < 4.78 is 34.3. The maximum Gasteiger partial charge on any atom is 0.328 e. The summed E-state index contributed by atoms with van der Waals surface area (Å²) >= 11 is 0. The van der Waals surface area contributed by atoms with E-state index in [1.165, 1.54) is 21.6 Å². The number of amides is 6. The maximum atomic E-state index is 14.5. The van der Waals surface area contributed by atoms with Crippen molar-refractivity contribution in [3.05, 3.63) is 59.7 Å². The van der Waals surface area contributed by atoms with Crippen LogP contribution in [0.5, 0.6) is 0 Å². The van der Waals surface area contributed by atoms with E-state index in [2.05, 4.69) is 28.1 Å². The molecule has 0 saturated carbocycles. The molecule has 6 rings (SSSR count). The molecule has 8 atom stereocenters. The van der Waals surface area contributed by atoms with Crippen molar-refractivity contribution in [3.8, 4) is 0 Å². The summed E-state index contributed by atoms with van der Waals surface area (Å²) in [6.45, 7) is 3.16. The van der Waals surface area contributed by atoms with Crippen molar-refractivity contribution in [3.63, 3.8) is 0 Å². The lowest BCUT2D eigenvalue weighted by Crippen LogP contribution is -2.61. The van der Waals surface area contributed by atoms with E-state index in [0.29, 0.717) is 18.9 Å². The summed E-state index contributed by atoms with van der Waals surface area (Å²) in [5.74, 6) is -6.01. The molecule has 14 nitrogen and oxygen atoms in total. The molecular weight excluding hydrogens is 742 g/mol. The van der Waals surface area contributed by atoms with Gasteiger partial charge in [-0.05, 0) is 87.8 Å². The van der Waals surface area contributed by atoms with Crippen molar-refractivity contribution in [1.82, 2.24) is 30.7 Å². The number of cyclic esters (lactones) is 1. The van der Waals surface area contributed by atoms with Gasteiger partial charge in [0.05, 0.1) is 0 Å². The Kier molecular flexibility index (Phi) is 13.4. The van der Waals surface area contributed by atoms with E-state index < -0.39 is 95.9 Å². The lowest BCUT2D eigenvalue weighted by atomic mass is 9.90. The number of hydrogen-bond donors (Lipinski definition) is 3. The zero-order valence-corrected chi connectivity index (χ0v) is 32.4. The molecule has 1 aliphatic carbocycles. The van der Waals surface area contributed by atoms with Crippen LogP contribution in [-0.2, 0) is 44.7 Å². The third-order valence-corrected chi connectivity index (χ3v) is 11.6. The second-order valence-corrected chi connectivity index (χ2v) is 16.0. The Morgan fingerprint density at radius 2 is 1.63 bits per heavy atom. The largest absolute Gasteiger partial charge is 0.461 e. The molecule has 3 fully saturated rings. The molecule has 1 aromatic carbocycles. The highest BCUT2D eigenvalue weighted by atomic mass is 19.1. The molecule has 308 valence electrons. The van der Waals surface area contributed by atoms with Crippen molar-refractivity contribution < 1.29 is 47.1 Å². The lowest BCUT2D eigenvalue weighted by Gasteiger charge is -2.37. The Morgan fingerprint density at radius 1 is 0.877 bits per heavy atom. The maximum absolute atomic E-state index is 14.5. The number of fused-ring (bicyclic) bond motifs is 3. The van der Waals surface area contributed by atoms with Crippen LogP contribution in [0.1, 0.15) is 77.2 Å². The van der Waals surface area contributed by atoms with Crippen molar-refractivity contribution >= 4 is 41.4 Å². The van der Waals surface area contributed by atoms with Gasteiger partial charge in [0.1, 0.15) is 54.5 Å². The van der Waals surface area contributed by atoms with Gasteiger partial charge in [-0.1, -0.05) is 31.2 Å². The van der Waals surface area contributed by atoms with Gasteiger partial charge in [0.15, 0.2) is 0 Å². The average molecular weight is 795 g/mol. The molecule has 0 bridgehead atoms. The molecule has 57 heavy (non-hydrogen) atoms. The van der Waals surface area contributed by atoms with Gasteiger partial charge < -0.3 is 35.4 Å². The Bertz CT molecular complexity index is 1780. The zero-order valence-electron chi connectivity index (χ0n) is 32.4. The molecule has 1 aromatic rings. The van der Waals surface area contributed by atoms with Crippen LogP contribution in [0.2, 0.25) is 0 Å². The summed E-state index contributed by atoms with van der Waals surface area (Å²) in [5, 5.41) is 8.05. The number of carbonyl (C=O) groups excluding carboxylic acids is 7. The molecule has 3 saturated heterocycles. The van der Waals surface area contributed by atoms with Gasteiger partial charge in [-0.2, -0.15) is 0 Å². The van der Waals surface area contributed by atoms with Gasteiger partial charge in [0, 0.05) is 38.5 Å². The van der Waals surface area contributed by atoms with E-state index in [4.69, 9.17) is 4.74 Å². The first kappa shape index (κ1) is 41.5. The zero-order chi connectivity index (χ0) is 40.8. The second-order valence-electron chi connectivity index (χ2n) is 16.0. The van der Waals surface area contributed by atoms with Crippen molar-refractivity contribution in [1.29, 1.82) is 0 Å². The van der Waals surface area contributed by atoms with Crippen molar-refractivity contribution in [2.75, 3.05) is 26.2 Å². The van der Waals surface area contributed by atoms with E-state index in [1.807, 2.05) is 6.92 Å². The number of benzene rings is 1. The molecule has 0 radical (unpaired) electrons. The minimum atomic E-state index is -1.55. The smallest absolute Gasteiger partial charge is 0.328 e. The van der Waals surface area contributed by atoms with Crippen LogP contribution in [0.15, 0.2) is 42.5 Å². The molecule has 3 N–H and O–H groups in total. The molecule has 0 spiro atoms. The minimum absolute atomic E-state index is 0.0785. The fourth-order valence-electron chi connectivity index (χ4n) is 8.57. The van der Waals surface area contributed by atoms with E-state index in [-0.39, 0.29) is 69.1 Å². The highest BCUT2D eigenvalue weighted by Crippen LogP contribution is 2.28. The quantitative estimate of drug-likeness (QED) is 0.265. The SMILES string of the molecule is C[C@@H]1C[C@H]2C(=O)OC[C@H](NC(=O)[C@H](Cc3cc(F)cc(F)c3)NC(=O)CC[C@@H]3CC=CCC3)C(=O)N3CCC[C@H]3C(=O)N3CC=CC[C@H]3C(=O)N[C@@H](C)C(=O)N2C1. The number of hydrogen-bond acceptors (Lipinski definition) is 8. The number of allylic oxidation sites excluding steroid dienone is 2. The molecule has 5 aliphatic rings. The molecule has 16 heteroatoms. The first-order chi connectivity index (χ1) is 27.3. The summed E-state index contributed by atoms with van der Waals surface area (Å²) in [5.41, 5.74) is 0.0785. The third-order valence-electron chi connectivity index (χ3n) is 11.6. The normalized spacial score (nSPS) is 28.9. The third kappa shape index (κ3) is 10.1. The van der Waals surface area contributed by atoms with E-state index in [1.54, 1.807) is 12.2 Å². The Hall–Kier alpha value is -5.15. The van der Waals surface area contributed by atoms with E-state index >= 15 is 0 Å². The Morgan fingerprint density at radius 3 is 2.37 bits per heavy atom. The first-order valence-corrected chi connectivity index (χ1v) is 20.0. The lowest BCUT2D eigenvalue weighted by molar-refractivity contribution is -0.158. The van der Waals surface area contributed by atoms with Gasteiger partial charge in [0.25, 0.3) is 0 Å². The van der Waals surface area contributed by atoms with Crippen LogP contribution in [0.3, 0.4) is 0 Å². The van der Waals surface area contributed by atoms with E-state index in [0.717, 1.165) is 31.4 Å². The first-order valence-electron chi connectivity index (χ1n) is 20.0. The summed E-state index contributed by atoms with van der Waals surface area (Å²) in [4.78, 5) is 101. The summed E-state index contributed by atoms with van der Waals surface area (Å²) in [7, 11) is 0. The molecule has 4 aliphatic heterocycles. The fraction of sp³-hybridized carbons (Fsp3) is 0.585. The summed E-state index contributed by atoms with van der Waals surface area (Å²) in [6, 6.07) is -4.19. The molecule has 0 unspecified atom stereocenters. The van der Waals surface area contributed by atoms with Crippen LogP contribution < -0.4 is 16.0 Å². The van der Waals surface area contributed by atoms with Gasteiger partial charge in [-0.25, -0.2) is 13.6 Å². The van der Waals surface area contributed by atoms with Crippen LogP contribution in [0, 0.1) is 23.5 Å². The number of nitrogens with zero attached hydrogens (tertiary/aromatic N) is 3. The van der Waals surface area contributed by atoms with Gasteiger partial charge in [-0.15, -0.1) is 0 Å². The molecule has 0 aromatic heterocycles. The standard InChI is InChI=1S/C41H52F2N6O8/c1-24-17-34-41(56)57-23-31(46-36(51)30(20-27-18-28(42)21-29(43)19-27)45-35(50)14-13-26-9-4-3-5-10-26)39(54)48-16-8-12-33(48)40(55)47-15-7-6-11-32(47)37(52)44-25(2)38(53)49(34)22-24/h3-4,6-7,18-19,21,24-26,30-34H,5,8-17,20,22-23H2,1-2H3,(H,44,52)(H,45,50)(H,46,51)/t24-,25+,26-,30+,31+,32+,33+,34+/m1/s1. The van der Waals surface area contributed by atoms with Crippen LogP contribution >= 0.6 is 0 Å². The molecule has 4 heterocycles. The highest BCUT2D eigenvalue weighted by molar-refractivity contribution is 5.98. The number of esters is 1. The number of carbonyl (C=O) groups is 7. The number of halogens is 2. The summed E-state index contributed by atoms with van der Waals surface area (Å²) in [6.07, 6.45) is 11.8. The monoisotopic (exact) mass is 794 g/mol. The Balaban J connectivity index is 1.29. The van der Waals surface area contributed by atoms with Gasteiger partial charge in [-0.3, -0.25) is 28.8 Å². The number of rotatable bonds is 8. The molecular formula is C41H52F2N6O8. The van der Waals surface area contributed by atoms with Crippen LogP contribution in [0.4, 0.5) is 8.78 Å². The number of nitrogens with one attached hydrogen (secondary N) is 3. The second kappa shape index (κ2) is 18.4.